The van der Waals surface area contributed by atoms with Crippen LogP contribution in [0.1, 0.15) is 30.6 Å². The zero-order valence-corrected chi connectivity index (χ0v) is 12.5. The van der Waals surface area contributed by atoms with Gasteiger partial charge in [0.15, 0.2) is 0 Å². The van der Waals surface area contributed by atoms with Crippen molar-refractivity contribution >= 4 is 16.0 Å². The van der Waals surface area contributed by atoms with Crippen molar-refractivity contribution in [2.24, 2.45) is 5.92 Å². The van der Waals surface area contributed by atoms with Crippen LogP contribution in [0.5, 0.6) is 5.75 Å². The van der Waals surface area contributed by atoms with E-state index in [9.17, 15) is 18.3 Å². The van der Waals surface area contributed by atoms with Crippen molar-refractivity contribution in [3.63, 3.8) is 0 Å². The Kier molecular flexibility index (Phi) is 5.13. The minimum atomic E-state index is -3.75. The van der Waals surface area contributed by atoms with Gasteiger partial charge in [-0.2, -0.15) is 0 Å². The van der Waals surface area contributed by atoms with Gasteiger partial charge < -0.3 is 10.2 Å². The fourth-order valence-electron chi connectivity index (χ4n) is 1.59. The second kappa shape index (κ2) is 6.23. The third-order valence-electron chi connectivity index (χ3n) is 2.93. The van der Waals surface area contributed by atoms with Crippen molar-refractivity contribution in [1.29, 1.82) is 0 Å². The van der Waals surface area contributed by atoms with E-state index in [1.54, 1.807) is 0 Å². The van der Waals surface area contributed by atoms with Crippen molar-refractivity contribution in [2.45, 2.75) is 25.2 Å². The quantitative estimate of drug-likeness (QED) is 0.834. The van der Waals surface area contributed by atoms with E-state index in [1.165, 1.54) is 17.4 Å². The maximum atomic E-state index is 12.3. The summed E-state index contributed by atoms with van der Waals surface area (Å²) in [4.78, 5) is 10.8. The second-order valence-corrected chi connectivity index (χ2v) is 7.04. The number of benzene rings is 1. The smallest absolute Gasteiger partial charge is 0.339 e. The monoisotopic (exact) mass is 301 g/mol. The molecule has 0 saturated heterocycles. The molecule has 0 aliphatic heterocycles. The number of carboxylic acid groups (broad SMARTS) is 1. The summed E-state index contributed by atoms with van der Waals surface area (Å²) < 4.78 is 25.7. The molecule has 1 rings (SSSR count). The third-order valence-corrected chi connectivity index (χ3v) is 4.78. The van der Waals surface area contributed by atoms with E-state index in [-0.39, 0.29) is 4.90 Å². The number of sulfonamides is 1. The highest BCUT2D eigenvalue weighted by atomic mass is 32.2. The summed E-state index contributed by atoms with van der Waals surface area (Å²) in [6, 6.07) is 3.24. The molecule has 0 saturated carbocycles. The Morgan fingerprint density at radius 3 is 2.45 bits per heavy atom. The SMILES string of the molecule is CC(C)CCN(C)S(=O)(=O)c1ccc(O)c(C(=O)O)c1. The molecule has 0 amide bonds. The first kappa shape index (κ1) is 16.5. The van der Waals surface area contributed by atoms with Crippen LogP contribution in [0.2, 0.25) is 0 Å². The molecule has 0 atom stereocenters. The largest absolute Gasteiger partial charge is 0.507 e. The van der Waals surface area contributed by atoms with E-state index >= 15 is 0 Å². The van der Waals surface area contributed by atoms with Crippen molar-refractivity contribution in [1.82, 2.24) is 4.31 Å². The van der Waals surface area contributed by atoms with Gasteiger partial charge in [0.2, 0.25) is 10.0 Å². The number of carboxylic acids is 1. The van der Waals surface area contributed by atoms with Gasteiger partial charge in [0.25, 0.3) is 0 Å². The molecule has 0 radical (unpaired) electrons. The van der Waals surface area contributed by atoms with Crippen LogP contribution >= 0.6 is 0 Å². The average molecular weight is 301 g/mol. The Morgan fingerprint density at radius 1 is 1.35 bits per heavy atom. The molecule has 0 heterocycles. The van der Waals surface area contributed by atoms with Crippen LogP contribution < -0.4 is 0 Å². The van der Waals surface area contributed by atoms with Crippen LogP contribution in [0.15, 0.2) is 23.1 Å². The van der Waals surface area contributed by atoms with Crippen molar-refractivity contribution in [3.8, 4) is 5.75 Å². The van der Waals surface area contributed by atoms with Crippen LogP contribution in [0, 0.1) is 5.92 Å². The van der Waals surface area contributed by atoms with Crippen LogP contribution in [-0.2, 0) is 10.0 Å². The van der Waals surface area contributed by atoms with Crippen molar-refractivity contribution in [3.05, 3.63) is 23.8 Å². The normalized spacial score (nSPS) is 12.1. The van der Waals surface area contributed by atoms with E-state index in [0.29, 0.717) is 18.9 Å². The van der Waals surface area contributed by atoms with E-state index in [2.05, 4.69) is 0 Å². The first-order chi connectivity index (χ1) is 9.16. The molecule has 20 heavy (non-hydrogen) atoms. The minimum Gasteiger partial charge on any atom is -0.507 e. The first-order valence-electron chi connectivity index (χ1n) is 6.19. The van der Waals surface area contributed by atoms with E-state index in [1.807, 2.05) is 13.8 Å². The number of rotatable bonds is 6. The highest BCUT2D eigenvalue weighted by Gasteiger charge is 2.23. The molecule has 0 aliphatic carbocycles. The number of phenols is 1. The molecule has 0 fully saturated rings. The zero-order chi connectivity index (χ0) is 15.5. The molecule has 0 spiro atoms. The van der Waals surface area contributed by atoms with Gasteiger partial charge in [-0.25, -0.2) is 17.5 Å². The minimum absolute atomic E-state index is 0.140. The number of hydrogen-bond acceptors (Lipinski definition) is 4. The van der Waals surface area contributed by atoms with Crippen molar-refractivity contribution < 1.29 is 23.4 Å². The van der Waals surface area contributed by atoms with Gasteiger partial charge >= 0.3 is 5.97 Å². The summed E-state index contributed by atoms with van der Waals surface area (Å²) in [5.41, 5.74) is -0.427. The highest BCUT2D eigenvalue weighted by molar-refractivity contribution is 7.89. The molecule has 1 aromatic carbocycles. The van der Waals surface area contributed by atoms with Gasteiger partial charge in [-0.05, 0) is 30.5 Å². The van der Waals surface area contributed by atoms with Gasteiger partial charge in [-0.15, -0.1) is 0 Å². The fraction of sp³-hybridized carbons (Fsp3) is 0.462. The molecule has 0 aromatic heterocycles. The molecular formula is C13H19NO5S. The number of carbonyl (C=O) groups is 1. The van der Waals surface area contributed by atoms with Crippen LogP contribution in [0.4, 0.5) is 0 Å². The highest BCUT2D eigenvalue weighted by Crippen LogP contribution is 2.23. The number of nitrogens with zero attached hydrogens (tertiary/aromatic N) is 1. The lowest BCUT2D eigenvalue weighted by atomic mass is 10.1. The second-order valence-electron chi connectivity index (χ2n) is 4.99. The lowest BCUT2D eigenvalue weighted by molar-refractivity contribution is 0.0693. The van der Waals surface area contributed by atoms with Gasteiger partial charge in [0.05, 0.1) is 4.90 Å². The number of hydrogen-bond donors (Lipinski definition) is 2. The van der Waals surface area contributed by atoms with Gasteiger partial charge in [-0.3, -0.25) is 0 Å². The lowest BCUT2D eigenvalue weighted by Crippen LogP contribution is -2.28. The maximum absolute atomic E-state index is 12.3. The van der Waals surface area contributed by atoms with Gasteiger partial charge in [0, 0.05) is 13.6 Å². The molecule has 2 N–H and O–H groups in total. The van der Waals surface area contributed by atoms with Gasteiger partial charge in [0.1, 0.15) is 11.3 Å². The summed E-state index contributed by atoms with van der Waals surface area (Å²) in [5.74, 6) is -1.47. The molecule has 0 aliphatic rings. The Bertz CT molecular complexity index is 595. The molecule has 7 heteroatoms. The van der Waals surface area contributed by atoms with Crippen LogP contribution in [0.25, 0.3) is 0 Å². The Morgan fingerprint density at radius 2 is 1.95 bits per heavy atom. The van der Waals surface area contributed by atoms with Crippen LogP contribution in [0.3, 0.4) is 0 Å². The fourth-order valence-corrected chi connectivity index (χ4v) is 2.80. The lowest BCUT2D eigenvalue weighted by Gasteiger charge is -2.18. The molecule has 6 nitrogen and oxygen atoms in total. The predicted molar refractivity (Wildman–Crippen MR) is 74.3 cm³/mol. The standard InChI is InChI=1S/C13H19NO5S/c1-9(2)6-7-14(3)20(18,19)10-4-5-12(15)11(8-10)13(16)17/h4-5,8-9,15H,6-7H2,1-3H3,(H,16,17). The van der Waals surface area contributed by atoms with E-state index in [4.69, 9.17) is 5.11 Å². The van der Waals surface area contributed by atoms with Crippen molar-refractivity contribution in [2.75, 3.05) is 13.6 Å². The molecule has 0 bridgehead atoms. The predicted octanol–water partition coefficient (Wildman–Crippen LogP) is 1.76. The van der Waals surface area contributed by atoms with E-state index in [0.717, 1.165) is 12.1 Å². The topological polar surface area (TPSA) is 94.9 Å². The first-order valence-corrected chi connectivity index (χ1v) is 7.63. The molecule has 1 aromatic rings. The van der Waals surface area contributed by atoms with Gasteiger partial charge in [-0.1, -0.05) is 13.8 Å². The summed E-state index contributed by atoms with van der Waals surface area (Å²) in [7, 11) is -2.30. The summed E-state index contributed by atoms with van der Waals surface area (Å²) in [6.45, 7) is 4.33. The molecule has 112 valence electrons. The maximum Gasteiger partial charge on any atom is 0.339 e. The summed E-state index contributed by atoms with van der Waals surface area (Å²) >= 11 is 0. The Balaban J connectivity index is 3.09. The third kappa shape index (κ3) is 3.71. The Hall–Kier alpha value is -1.60. The summed E-state index contributed by atoms with van der Waals surface area (Å²) in [6.07, 6.45) is 0.708. The molecular weight excluding hydrogens is 282 g/mol. The summed E-state index contributed by atoms with van der Waals surface area (Å²) in [5, 5.41) is 18.3. The van der Waals surface area contributed by atoms with E-state index < -0.39 is 27.3 Å². The Labute approximate surface area is 118 Å². The number of aromatic carboxylic acids is 1. The average Bonchev–Trinajstić information content (AvgIpc) is 2.35. The zero-order valence-electron chi connectivity index (χ0n) is 11.7. The number of aromatic hydroxyl groups is 1. The van der Waals surface area contributed by atoms with Crippen LogP contribution in [-0.4, -0.2) is 42.5 Å². The molecule has 0 unspecified atom stereocenters.